The number of allylic oxidation sites excluding steroid dienone is 2. The maximum atomic E-state index is 12.0. The van der Waals surface area contributed by atoms with Gasteiger partial charge in [0.2, 0.25) is 5.91 Å². The largest absolute Gasteiger partial charge is 0.383 e. The monoisotopic (exact) mass is 382 g/mol. The van der Waals surface area contributed by atoms with E-state index >= 15 is 0 Å². The first kappa shape index (κ1) is 17.6. The lowest BCUT2D eigenvalue weighted by Crippen LogP contribution is -2.23. The second kappa shape index (κ2) is 6.85. The highest BCUT2D eigenvalue weighted by Crippen LogP contribution is 2.38. The molecule has 1 saturated heterocycles. The number of carbonyl (C=O) groups excluding carboxylic acids is 1. The Kier molecular flexibility index (Phi) is 4.16. The van der Waals surface area contributed by atoms with Crippen LogP contribution in [0.25, 0.3) is 27.8 Å². The molecule has 29 heavy (non-hydrogen) atoms. The lowest BCUT2D eigenvalue weighted by Gasteiger charge is -2.16. The number of aromatic nitrogens is 2. The second-order valence-corrected chi connectivity index (χ2v) is 7.62. The molecule has 0 spiro atoms. The van der Waals surface area contributed by atoms with Crippen molar-refractivity contribution in [3.63, 3.8) is 0 Å². The maximum absolute atomic E-state index is 12.0. The van der Waals surface area contributed by atoms with Crippen LogP contribution in [0, 0.1) is 0 Å². The Bertz CT molecular complexity index is 1150. The number of nitrogen functional groups attached to an aromatic ring is 1. The summed E-state index contributed by atoms with van der Waals surface area (Å²) < 4.78 is 0. The quantitative estimate of drug-likeness (QED) is 0.725. The first-order valence-corrected chi connectivity index (χ1v) is 9.93. The Morgan fingerprint density at radius 1 is 1.03 bits per heavy atom. The van der Waals surface area contributed by atoms with Crippen molar-refractivity contribution in [1.82, 2.24) is 9.97 Å². The normalized spacial score (nSPS) is 15.6. The van der Waals surface area contributed by atoms with E-state index in [-0.39, 0.29) is 5.91 Å². The predicted molar refractivity (Wildman–Crippen MR) is 116 cm³/mol. The molecule has 2 aliphatic rings. The van der Waals surface area contributed by atoms with Gasteiger partial charge in [-0.15, -0.1) is 0 Å². The summed E-state index contributed by atoms with van der Waals surface area (Å²) in [4.78, 5) is 22.8. The van der Waals surface area contributed by atoms with Gasteiger partial charge in [-0.25, -0.2) is 4.98 Å². The molecule has 2 aromatic heterocycles. The number of amides is 1. The molecule has 144 valence electrons. The van der Waals surface area contributed by atoms with Gasteiger partial charge in [-0.05, 0) is 54.3 Å². The topological polar surface area (TPSA) is 72.1 Å². The molecule has 0 saturated carbocycles. The maximum Gasteiger partial charge on any atom is 0.227 e. The SMILES string of the molecule is CC1=CCc2nccc(-c3cc(-c4ccc(N5CCCC5=O)cc4)cnc3N)c21. The van der Waals surface area contributed by atoms with Crippen molar-refractivity contribution >= 4 is 23.0 Å². The number of pyridine rings is 2. The van der Waals surface area contributed by atoms with E-state index in [1.807, 2.05) is 41.4 Å². The van der Waals surface area contributed by atoms with Crippen LogP contribution in [0.1, 0.15) is 31.0 Å². The highest BCUT2D eigenvalue weighted by molar-refractivity contribution is 5.95. The van der Waals surface area contributed by atoms with Crippen LogP contribution in [0.5, 0.6) is 0 Å². The van der Waals surface area contributed by atoms with Gasteiger partial charge in [-0.1, -0.05) is 18.2 Å². The van der Waals surface area contributed by atoms with Gasteiger partial charge in [0.1, 0.15) is 5.82 Å². The third-order valence-corrected chi connectivity index (χ3v) is 5.82. The average Bonchev–Trinajstić information content (AvgIpc) is 3.34. The summed E-state index contributed by atoms with van der Waals surface area (Å²) in [5.41, 5.74) is 14.8. The number of nitrogens with two attached hydrogens (primary N) is 1. The summed E-state index contributed by atoms with van der Waals surface area (Å²) in [6.07, 6.45) is 8.27. The molecule has 3 heterocycles. The third-order valence-electron chi connectivity index (χ3n) is 5.82. The summed E-state index contributed by atoms with van der Waals surface area (Å²) in [6, 6.07) is 12.2. The molecule has 1 aliphatic heterocycles. The van der Waals surface area contributed by atoms with E-state index in [1.54, 1.807) is 6.20 Å². The average molecular weight is 382 g/mol. The van der Waals surface area contributed by atoms with E-state index in [9.17, 15) is 4.79 Å². The number of anilines is 2. The van der Waals surface area contributed by atoms with Crippen molar-refractivity contribution < 1.29 is 4.79 Å². The van der Waals surface area contributed by atoms with Crippen molar-refractivity contribution in [3.05, 3.63) is 66.1 Å². The Morgan fingerprint density at radius 3 is 2.62 bits per heavy atom. The van der Waals surface area contributed by atoms with Crippen LogP contribution >= 0.6 is 0 Å². The molecule has 0 radical (unpaired) electrons. The molecule has 5 rings (SSSR count). The predicted octanol–water partition coefficient (Wildman–Crippen LogP) is 4.48. The van der Waals surface area contributed by atoms with Crippen molar-refractivity contribution in [2.24, 2.45) is 0 Å². The van der Waals surface area contributed by atoms with Gasteiger partial charge < -0.3 is 10.6 Å². The van der Waals surface area contributed by atoms with Crippen LogP contribution in [0.2, 0.25) is 0 Å². The molecule has 2 N–H and O–H groups in total. The van der Waals surface area contributed by atoms with Crippen LogP contribution in [-0.4, -0.2) is 22.4 Å². The van der Waals surface area contributed by atoms with Gasteiger partial charge in [0, 0.05) is 54.2 Å². The lowest BCUT2D eigenvalue weighted by atomic mass is 9.95. The van der Waals surface area contributed by atoms with Crippen LogP contribution in [0.3, 0.4) is 0 Å². The molecule has 0 atom stereocenters. The van der Waals surface area contributed by atoms with E-state index in [2.05, 4.69) is 29.0 Å². The number of hydrogen-bond donors (Lipinski definition) is 1. The zero-order valence-electron chi connectivity index (χ0n) is 16.4. The number of hydrogen-bond acceptors (Lipinski definition) is 4. The summed E-state index contributed by atoms with van der Waals surface area (Å²) in [5.74, 6) is 0.713. The zero-order chi connectivity index (χ0) is 20.0. The Morgan fingerprint density at radius 2 is 1.86 bits per heavy atom. The molecule has 1 aromatic carbocycles. The fourth-order valence-electron chi connectivity index (χ4n) is 4.28. The third kappa shape index (κ3) is 2.99. The molecular formula is C24H22N4O. The molecule has 5 nitrogen and oxygen atoms in total. The minimum absolute atomic E-state index is 0.198. The van der Waals surface area contributed by atoms with Crippen molar-refractivity contribution in [2.75, 3.05) is 17.2 Å². The van der Waals surface area contributed by atoms with Crippen LogP contribution in [-0.2, 0) is 11.2 Å². The summed E-state index contributed by atoms with van der Waals surface area (Å²) in [6.45, 7) is 2.91. The molecular weight excluding hydrogens is 360 g/mol. The fraction of sp³-hybridized carbons (Fsp3) is 0.208. The van der Waals surface area contributed by atoms with Crippen LogP contribution in [0.4, 0.5) is 11.5 Å². The molecule has 0 bridgehead atoms. The number of fused-ring (bicyclic) bond motifs is 1. The second-order valence-electron chi connectivity index (χ2n) is 7.62. The smallest absolute Gasteiger partial charge is 0.227 e. The van der Waals surface area contributed by atoms with Crippen LogP contribution in [0.15, 0.2) is 54.9 Å². The Balaban J connectivity index is 1.54. The first-order chi connectivity index (χ1) is 14.1. The van der Waals surface area contributed by atoms with E-state index in [0.29, 0.717) is 12.2 Å². The zero-order valence-corrected chi connectivity index (χ0v) is 16.4. The molecule has 3 aromatic rings. The molecule has 0 unspecified atom stereocenters. The minimum atomic E-state index is 0.198. The van der Waals surface area contributed by atoms with Gasteiger partial charge >= 0.3 is 0 Å². The number of nitrogens with zero attached hydrogens (tertiary/aromatic N) is 3. The van der Waals surface area contributed by atoms with Crippen molar-refractivity contribution in [3.8, 4) is 22.3 Å². The highest BCUT2D eigenvalue weighted by atomic mass is 16.2. The summed E-state index contributed by atoms with van der Waals surface area (Å²) in [7, 11) is 0. The van der Waals surface area contributed by atoms with Gasteiger partial charge in [0.05, 0.1) is 5.69 Å². The number of carbonyl (C=O) groups is 1. The van der Waals surface area contributed by atoms with Gasteiger partial charge in [-0.2, -0.15) is 0 Å². The van der Waals surface area contributed by atoms with Crippen LogP contribution < -0.4 is 10.6 Å². The van der Waals surface area contributed by atoms with E-state index in [4.69, 9.17) is 5.73 Å². The van der Waals surface area contributed by atoms with Gasteiger partial charge in [0.25, 0.3) is 0 Å². The molecule has 1 aliphatic carbocycles. The first-order valence-electron chi connectivity index (χ1n) is 9.93. The standard InChI is InChI=1S/C24H22N4O/c1-15-4-9-21-23(15)19(10-11-26-21)20-13-17(14-27-24(20)25)16-5-7-18(8-6-16)28-12-2-3-22(28)29/h4-8,10-11,13-14H,2-3,9,12H2,1H3,(H2,25,27). The summed E-state index contributed by atoms with van der Waals surface area (Å²) >= 11 is 0. The van der Waals surface area contributed by atoms with Gasteiger partial charge in [-0.3, -0.25) is 9.78 Å². The Labute approximate surface area is 169 Å². The summed E-state index contributed by atoms with van der Waals surface area (Å²) in [5, 5.41) is 0. The Hall–Kier alpha value is -3.47. The van der Waals surface area contributed by atoms with Crippen molar-refractivity contribution in [1.29, 1.82) is 0 Å². The fourth-order valence-corrected chi connectivity index (χ4v) is 4.28. The van der Waals surface area contributed by atoms with E-state index in [1.165, 1.54) is 11.1 Å². The lowest BCUT2D eigenvalue weighted by molar-refractivity contribution is -0.117. The number of benzene rings is 1. The molecule has 1 fully saturated rings. The minimum Gasteiger partial charge on any atom is -0.383 e. The highest BCUT2D eigenvalue weighted by Gasteiger charge is 2.22. The van der Waals surface area contributed by atoms with Crippen molar-refractivity contribution in [2.45, 2.75) is 26.2 Å². The van der Waals surface area contributed by atoms with E-state index < -0.39 is 0 Å². The van der Waals surface area contributed by atoms with E-state index in [0.717, 1.165) is 53.0 Å². The molecule has 1 amide bonds. The number of rotatable bonds is 3. The van der Waals surface area contributed by atoms with Gasteiger partial charge in [0.15, 0.2) is 0 Å². The molecule has 5 heteroatoms.